The molecule has 0 spiro atoms. The molecule has 0 saturated heterocycles. The minimum absolute atomic E-state index is 0.218. The summed E-state index contributed by atoms with van der Waals surface area (Å²) in [6, 6.07) is 0. The number of nitrogen functional groups attached to an aromatic ring is 1. The van der Waals surface area contributed by atoms with Gasteiger partial charge in [0.2, 0.25) is 0 Å². The van der Waals surface area contributed by atoms with Gasteiger partial charge < -0.3 is 15.6 Å². The molecule has 14 heavy (non-hydrogen) atoms. The Kier molecular flexibility index (Phi) is 5.12. The van der Waals surface area contributed by atoms with Crippen molar-refractivity contribution in [3.63, 3.8) is 0 Å². The second kappa shape index (κ2) is 6.14. The lowest BCUT2D eigenvalue weighted by Gasteiger charge is -2.05. The van der Waals surface area contributed by atoms with Crippen LogP contribution >= 0.6 is 23.3 Å². The molecule has 0 bridgehead atoms. The van der Waals surface area contributed by atoms with Gasteiger partial charge in [0, 0.05) is 23.0 Å². The third-order valence-electron chi connectivity index (χ3n) is 1.45. The second-order valence-electron chi connectivity index (χ2n) is 2.54. The summed E-state index contributed by atoms with van der Waals surface area (Å²) in [5.41, 5.74) is 3.27. The number of rotatable bonds is 6. The van der Waals surface area contributed by atoms with Gasteiger partial charge in [0.15, 0.2) is 0 Å². The van der Waals surface area contributed by atoms with E-state index in [0.29, 0.717) is 11.5 Å². The minimum Gasteiger partial charge on any atom is -0.394 e. The van der Waals surface area contributed by atoms with Gasteiger partial charge in [0.1, 0.15) is 10.7 Å². The highest BCUT2D eigenvalue weighted by Gasteiger charge is 2.08. The van der Waals surface area contributed by atoms with Crippen LogP contribution in [0, 0.1) is 0 Å². The van der Waals surface area contributed by atoms with Gasteiger partial charge in [-0.15, -0.1) is 5.10 Å². The lowest BCUT2D eigenvalue weighted by molar-refractivity contribution is 0.113. The highest BCUT2D eigenvalue weighted by Crippen LogP contribution is 2.21. The lowest BCUT2D eigenvalue weighted by Crippen LogP contribution is -2.15. The van der Waals surface area contributed by atoms with Crippen LogP contribution in [0.4, 0.5) is 5.00 Å². The molecule has 0 aliphatic rings. The van der Waals surface area contributed by atoms with Crippen molar-refractivity contribution in [1.29, 1.82) is 0 Å². The summed E-state index contributed by atoms with van der Waals surface area (Å²) in [6.45, 7) is -0.218. The molecular formula is C6H12N4O2S2. The van der Waals surface area contributed by atoms with Crippen molar-refractivity contribution in [3.05, 3.63) is 5.69 Å². The number of aliphatic hydroxyl groups is 2. The largest absolute Gasteiger partial charge is 0.394 e. The summed E-state index contributed by atoms with van der Waals surface area (Å²) >= 11 is 2.66. The van der Waals surface area contributed by atoms with E-state index >= 15 is 0 Å². The van der Waals surface area contributed by atoms with E-state index < -0.39 is 6.10 Å². The number of hydrogen-bond donors (Lipinski definition) is 4. The van der Waals surface area contributed by atoms with E-state index in [2.05, 4.69) is 15.0 Å². The smallest absolute Gasteiger partial charge is 0.148 e. The van der Waals surface area contributed by atoms with E-state index in [4.69, 9.17) is 16.1 Å². The molecule has 8 heteroatoms. The Hall–Kier alpha value is -0.410. The molecule has 1 rings (SSSR count). The maximum Gasteiger partial charge on any atom is 0.148 e. The summed E-state index contributed by atoms with van der Waals surface area (Å²) in [7, 11) is 0. The summed E-state index contributed by atoms with van der Waals surface area (Å²) in [4.78, 5) is 0. The van der Waals surface area contributed by atoms with Crippen LogP contribution in [-0.2, 0) is 5.75 Å². The normalized spacial score (nSPS) is 12.8. The van der Waals surface area contributed by atoms with Crippen LogP contribution in [0.3, 0.4) is 0 Å². The summed E-state index contributed by atoms with van der Waals surface area (Å²) < 4.78 is 3.73. The molecule has 1 aromatic heterocycles. The van der Waals surface area contributed by atoms with Gasteiger partial charge in [-0.05, 0) is 0 Å². The van der Waals surface area contributed by atoms with Gasteiger partial charge in [-0.3, -0.25) is 0 Å². The van der Waals surface area contributed by atoms with Crippen LogP contribution in [0.1, 0.15) is 5.69 Å². The van der Waals surface area contributed by atoms with Crippen LogP contribution in [0.25, 0.3) is 0 Å². The molecular weight excluding hydrogens is 224 g/mol. The topological polar surface area (TPSA) is 104 Å². The molecule has 0 fully saturated rings. The molecule has 5 N–H and O–H groups in total. The number of aromatic nitrogens is 2. The number of hydrazine groups is 1. The fourth-order valence-corrected chi connectivity index (χ4v) is 2.23. The van der Waals surface area contributed by atoms with Crippen LogP contribution in [0.2, 0.25) is 0 Å². The van der Waals surface area contributed by atoms with Gasteiger partial charge in [0.25, 0.3) is 0 Å². The predicted octanol–water partition coefficient (Wildman–Crippen LogP) is -0.590. The number of nitrogens with zero attached hydrogens (tertiary/aromatic N) is 2. The molecule has 1 heterocycles. The maximum atomic E-state index is 9.07. The van der Waals surface area contributed by atoms with Crippen LogP contribution in [-0.4, -0.2) is 38.3 Å². The summed E-state index contributed by atoms with van der Waals surface area (Å²) in [6.07, 6.45) is -0.680. The summed E-state index contributed by atoms with van der Waals surface area (Å²) in [5, 5.41) is 22.2. The van der Waals surface area contributed by atoms with E-state index in [1.165, 1.54) is 23.3 Å². The predicted molar refractivity (Wildman–Crippen MR) is 57.0 cm³/mol. The zero-order valence-electron chi connectivity index (χ0n) is 7.38. The molecule has 0 aliphatic carbocycles. The zero-order valence-corrected chi connectivity index (χ0v) is 9.01. The van der Waals surface area contributed by atoms with Crippen LogP contribution in [0.5, 0.6) is 0 Å². The highest BCUT2D eigenvalue weighted by molar-refractivity contribution is 7.98. The molecule has 0 radical (unpaired) electrons. The van der Waals surface area contributed by atoms with Crippen molar-refractivity contribution >= 4 is 28.3 Å². The third-order valence-corrected chi connectivity index (χ3v) is 3.24. The fraction of sp³-hybridized carbons (Fsp3) is 0.667. The SMILES string of the molecule is NNc1snnc1CSCC(O)CO. The summed E-state index contributed by atoms with van der Waals surface area (Å²) in [5.74, 6) is 6.32. The Morgan fingerprint density at radius 3 is 3.07 bits per heavy atom. The van der Waals surface area contributed by atoms with Gasteiger partial charge in [-0.25, -0.2) is 5.84 Å². The highest BCUT2D eigenvalue weighted by atomic mass is 32.2. The van der Waals surface area contributed by atoms with Gasteiger partial charge >= 0.3 is 0 Å². The Morgan fingerprint density at radius 2 is 2.43 bits per heavy atom. The van der Waals surface area contributed by atoms with Crippen molar-refractivity contribution in [2.24, 2.45) is 5.84 Å². The monoisotopic (exact) mass is 236 g/mol. The molecule has 80 valence electrons. The van der Waals surface area contributed by atoms with E-state index in [1.54, 1.807) is 0 Å². The van der Waals surface area contributed by atoms with Crippen LogP contribution in [0.15, 0.2) is 0 Å². The third kappa shape index (κ3) is 3.39. The van der Waals surface area contributed by atoms with E-state index in [0.717, 1.165) is 10.7 Å². The number of hydrogen-bond acceptors (Lipinski definition) is 8. The molecule has 1 unspecified atom stereocenters. The average molecular weight is 236 g/mol. The Balaban J connectivity index is 2.31. The average Bonchev–Trinajstić information content (AvgIpc) is 2.65. The van der Waals surface area contributed by atoms with E-state index in [1.807, 2.05) is 0 Å². The van der Waals surface area contributed by atoms with Crippen molar-refractivity contribution in [3.8, 4) is 0 Å². The zero-order chi connectivity index (χ0) is 10.4. The van der Waals surface area contributed by atoms with Crippen LogP contribution < -0.4 is 11.3 Å². The lowest BCUT2D eigenvalue weighted by atomic mass is 10.4. The number of nitrogens with two attached hydrogens (primary N) is 1. The molecule has 1 atom stereocenters. The molecule has 0 saturated carbocycles. The first-order valence-corrected chi connectivity index (χ1v) is 5.85. The first-order chi connectivity index (χ1) is 6.77. The van der Waals surface area contributed by atoms with E-state index in [9.17, 15) is 0 Å². The molecule has 0 amide bonds. The number of thioether (sulfide) groups is 1. The molecule has 0 aliphatic heterocycles. The number of nitrogens with one attached hydrogen (secondary N) is 1. The molecule has 6 nitrogen and oxygen atoms in total. The molecule has 1 aromatic rings. The number of anilines is 1. The first-order valence-electron chi connectivity index (χ1n) is 3.92. The van der Waals surface area contributed by atoms with E-state index in [-0.39, 0.29) is 6.61 Å². The Bertz CT molecular complexity index is 270. The number of aliphatic hydroxyl groups excluding tert-OH is 2. The van der Waals surface area contributed by atoms with Crippen molar-refractivity contribution in [2.75, 3.05) is 17.8 Å². The first kappa shape index (κ1) is 11.7. The van der Waals surface area contributed by atoms with Gasteiger partial charge in [-0.1, -0.05) is 4.49 Å². The van der Waals surface area contributed by atoms with Gasteiger partial charge in [0.05, 0.1) is 12.7 Å². The van der Waals surface area contributed by atoms with Crippen molar-refractivity contribution < 1.29 is 10.2 Å². The Morgan fingerprint density at radius 1 is 1.64 bits per heavy atom. The molecule has 0 aromatic carbocycles. The Labute approximate surface area is 89.7 Å². The minimum atomic E-state index is -0.680. The van der Waals surface area contributed by atoms with Crippen molar-refractivity contribution in [1.82, 2.24) is 9.59 Å². The second-order valence-corrected chi connectivity index (χ2v) is 4.33. The quantitative estimate of drug-likeness (QED) is 0.386. The van der Waals surface area contributed by atoms with Crippen molar-refractivity contribution in [2.45, 2.75) is 11.9 Å². The fourth-order valence-electron chi connectivity index (χ4n) is 0.757. The maximum absolute atomic E-state index is 9.07. The van der Waals surface area contributed by atoms with Gasteiger partial charge in [-0.2, -0.15) is 11.8 Å². The standard InChI is InChI=1S/C6H12N4O2S2/c7-8-6-5(9-10-14-6)3-13-2-4(12)1-11/h4,8,11-12H,1-3,7H2.